The van der Waals surface area contributed by atoms with Crippen LogP contribution in [0.25, 0.3) is 0 Å². The molecule has 0 aromatic rings. The fourth-order valence-corrected chi connectivity index (χ4v) is 7.55. The van der Waals surface area contributed by atoms with E-state index < -0.39 is 0 Å². The Kier molecular flexibility index (Phi) is 2.88. The predicted octanol–water partition coefficient (Wildman–Crippen LogP) is 3.54. The monoisotopic (exact) mass is 168 g/mol. The first-order valence-electron chi connectivity index (χ1n) is 1.77. The van der Waals surface area contributed by atoms with E-state index in [0.717, 1.165) is 0 Å². The van der Waals surface area contributed by atoms with Crippen molar-refractivity contribution >= 4 is 41.2 Å². The largest absolute Gasteiger partial charge is 0.0658 e. The van der Waals surface area contributed by atoms with Crippen molar-refractivity contribution in [3.8, 4) is 0 Å². The van der Waals surface area contributed by atoms with Crippen molar-refractivity contribution in [3.63, 3.8) is 0 Å². The molecule has 0 aromatic heterocycles. The quantitative estimate of drug-likeness (QED) is 0.507. The SMILES string of the molecule is CC=C1SSSS1. The van der Waals surface area contributed by atoms with Gasteiger partial charge in [-0.25, -0.2) is 0 Å². The number of hydrogen-bond donors (Lipinski definition) is 0. The first-order valence-corrected chi connectivity index (χ1v) is 6.59. The van der Waals surface area contributed by atoms with Gasteiger partial charge in [-0.2, -0.15) is 0 Å². The van der Waals surface area contributed by atoms with Gasteiger partial charge in [0.2, 0.25) is 0 Å². The third-order valence-corrected chi connectivity index (χ3v) is 7.50. The lowest BCUT2D eigenvalue weighted by Crippen LogP contribution is -1.46. The van der Waals surface area contributed by atoms with Crippen molar-refractivity contribution in [2.24, 2.45) is 0 Å². The van der Waals surface area contributed by atoms with E-state index in [2.05, 4.69) is 13.0 Å². The van der Waals surface area contributed by atoms with E-state index in [-0.39, 0.29) is 0 Å². The minimum atomic E-state index is 1.43. The lowest BCUT2D eigenvalue weighted by atomic mass is 10.8. The fourth-order valence-electron chi connectivity index (χ4n) is 0.205. The molecule has 0 nitrogen and oxygen atoms in total. The topological polar surface area (TPSA) is 0 Å². The summed E-state index contributed by atoms with van der Waals surface area (Å²) < 4.78 is 1.43. The lowest BCUT2D eigenvalue weighted by Gasteiger charge is -1.80. The van der Waals surface area contributed by atoms with Crippen LogP contribution in [0.5, 0.6) is 0 Å². The Hall–Kier alpha value is 1.14. The third kappa shape index (κ3) is 1.83. The summed E-state index contributed by atoms with van der Waals surface area (Å²) in [6.45, 7) is 2.07. The van der Waals surface area contributed by atoms with Gasteiger partial charge in [-0.05, 0) is 48.2 Å². The van der Waals surface area contributed by atoms with Gasteiger partial charge >= 0.3 is 0 Å². The summed E-state index contributed by atoms with van der Waals surface area (Å²) in [7, 11) is 7.36. The normalized spacial score (nSPS) is 20.4. The van der Waals surface area contributed by atoms with E-state index >= 15 is 0 Å². The van der Waals surface area contributed by atoms with Crippen molar-refractivity contribution in [3.05, 3.63) is 10.3 Å². The summed E-state index contributed by atoms with van der Waals surface area (Å²) in [6, 6.07) is 0. The molecular formula is C3H4S4. The Morgan fingerprint density at radius 1 is 1.29 bits per heavy atom. The molecule has 0 radical (unpaired) electrons. The van der Waals surface area contributed by atoms with Crippen molar-refractivity contribution in [2.75, 3.05) is 0 Å². The first-order chi connectivity index (χ1) is 3.43. The molecule has 0 spiro atoms. The minimum Gasteiger partial charge on any atom is -0.0658 e. The van der Waals surface area contributed by atoms with Gasteiger partial charge in [0.1, 0.15) is 0 Å². The van der Waals surface area contributed by atoms with Gasteiger partial charge in [-0.15, -0.1) is 0 Å². The summed E-state index contributed by atoms with van der Waals surface area (Å²) in [6.07, 6.45) is 2.14. The summed E-state index contributed by atoms with van der Waals surface area (Å²) >= 11 is 0. The second kappa shape index (κ2) is 3.22. The minimum absolute atomic E-state index is 1.43. The summed E-state index contributed by atoms with van der Waals surface area (Å²) in [4.78, 5) is 0. The molecule has 0 atom stereocenters. The molecule has 0 N–H and O–H groups in total. The number of allylic oxidation sites excluding steroid dienone is 1. The Morgan fingerprint density at radius 3 is 2.14 bits per heavy atom. The average Bonchev–Trinajstić information content (AvgIpc) is 2.14. The molecule has 0 aromatic carbocycles. The molecule has 0 amide bonds. The highest BCUT2D eigenvalue weighted by Crippen LogP contribution is 2.61. The van der Waals surface area contributed by atoms with Crippen molar-refractivity contribution in [2.45, 2.75) is 6.92 Å². The molecule has 0 unspecified atom stereocenters. The van der Waals surface area contributed by atoms with Crippen molar-refractivity contribution < 1.29 is 0 Å². The molecule has 40 valence electrons. The van der Waals surface area contributed by atoms with Crippen LogP contribution in [0.15, 0.2) is 10.3 Å². The van der Waals surface area contributed by atoms with E-state index in [1.54, 1.807) is 0 Å². The maximum atomic E-state index is 2.14. The molecule has 1 saturated heterocycles. The molecular weight excluding hydrogens is 164 g/mol. The third-order valence-electron chi connectivity index (χ3n) is 0.496. The van der Waals surface area contributed by atoms with E-state index in [1.165, 1.54) is 4.24 Å². The first kappa shape index (κ1) is 6.26. The zero-order valence-corrected chi connectivity index (χ0v) is 6.98. The van der Waals surface area contributed by atoms with E-state index in [1.807, 2.05) is 41.2 Å². The maximum absolute atomic E-state index is 2.14. The fraction of sp³-hybridized carbons (Fsp3) is 0.333. The van der Waals surface area contributed by atoms with E-state index in [0.29, 0.717) is 0 Å². The molecule has 1 heterocycles. The Labute approximate surface area is 58.5 Å². The molecule has 4 heteroatoms. The standard InChI is InChI=1S/C3H4S4/c1-2-3-4-6-7-5-3/h2H,1H3. The van der Waals surface area contributed by atoms with Crippen LogP contribution in [0.2, 0.25) is 0 Å². The zero-order valence-electron chi connectivity index (χ0n) is 3.71. The number of hydrogen-bond acceptors (Lipinski definition) is 4. The molecule has 0 aliphatic carbocycles. The molecule has 0 bridgehead atoms. The van der Waals surface area contributed by atoms with E-state index in [4.69, 9.17) is 0 Å². The molecule has 1 aliphatic heterocycles. The van der Waals surface area contributed by atoms with Crippen LogP contribution in [-0.4, -0.2) is 0 Å². The van der Waals surface area contributed by atoms with Crippen LogP contribution in [0.1, 0.15) is 6.92 Å². The van der Waals surface area contributed by atoms with Gasteiger partial charge < -0.3 is 0 Å². The second-order valence-electron chi connectivity index (χ2n) is 0.910. The molecule has 7 heavy (non-hydrogen) atoms. The van der Waals surface area contributed by atoms with Crippen LogP contribution in [0.4, 0.5) is 0 Å². The average molecular weight is 168 g/mol. The Morgan fingerprint density at radius 2 is 1.86 bits per heavy atom. The Bertz CT molecular complexity index is 78.9. The van der Waals surface area contributed by atoms with Crippen molar-refractivity contribution in [1.29, 1.82) is 0 Å². The molecule has 0 saturated carbocycles. The van der Waals surface area contributed by atoms with Gasteiger partial charge in [-0.3, -0.25) is 0 Å². The highest BCUT2D eigenvalue weighted by molar-refractivity contribution is 9.32. The van der Waals surface area contributed by atoms with Gasteiger partial charge in [0.15, 0.2) is 0 Å². The molecule has 1 fully saturated rings. The number of rotatable bonds is 0. The smallest absolute Gasteiger partial charge is 0.0594 e. The van der Waals surface area contributed by atoms with Crippen LogP contribution in [-0.2, 0) is 0 Å². The summed E-state index contributed by atoms with van der Waals surface area (Å²) in [5.41, 5.74) is 0. The molecule has 1 aliphatic rings. The summed E-state index contributed by atoms with van der Waals surface area (Å²) in [5.74, 6) is 0. The maximum Gasteiger partial charge on any atom is 0.0594 e. The van der Waals surface area contributed by atoms with Gasteiger partial charge in [0, 0.05) is 0 Å². The van der Waals surface area contributed by atoms with Crippen LogP contribution >= 0.6 is 41.2 Å². The molecule has 1 rings (SSSR count). The lowest BCUT2D eigenvalue weighted by molar-refractivity contribution is 1.78. The van der Waals surface area contributed by atoms with E-state index in [9.17, 15) is 0 Å². The second-order valence-corrected chi connectivity index (χ2v) is 6.92. The van der Waals surface area contributed by atoms with Gasteiger partial charge in [0.05, 0.1) is 4.24 Å². The highest BCUT2D eigenvalue weighted by Gasteiger charge is 2.07. The predicted molar refractivity (Wildman–Crippen MR) is 44.1 cm³/mol. The van der Waals surface area contributed by atoms with Crippen LogP contribution in [0, 0.1) is 0 Å². The zero-order chi connectivity index (χ0) is 5.11. The highest BCUT2D eigenvalue weighted by atomic mass is 33.7. The van der Waals surface area contributed by atoms with Crippen LogP contribution in [0.3, 0.4) is 0 Å². The van der Waals surface area contributed by atoms with Gasteiger partial charge in [-0.1, -0.05) is 6.08 Å². The Balaban J connectivity index is 2.41. The van der Waals surface area contributed by atoms with Gasteiger partial charge in [0.25, 0.3) is 0 Å². The van der Waals surface area contributed by atoms with Crippen molar-refractivity contribution in [1.82, 2.24) is 0 Å². The summed E-state index contributed by atoms with van der Waals surface area (Å²) in [5, 5.41) is 0. The van der Waals surface area contributed by atoms with Crippen LogP contribution < -0.4 is 0 Å².